The van der Waals surface area contributed by atoms with Gasteiger partial charge in [0.05, 0.1) is 7.11 Å². The maximum Gasteiger partial charge on any atom is 0.170 e. The molecule has 1 aromatic carbocycles. The van der Waals surface area contributed by atoms with Gasteiger partial charge in [-0.15, -0.1) is 10.2 Å². The molecule has 0 fully saturated rings. The van der Waals surface area contributed by atoms with Crippen molar-refractivity contribution in [2.24, 2.45) is 0 Å². The van der Waals surface area contributed by atoms with E-state index in [1.54, 1.807) is 20.0 Å². The molecule has 4 rings (SSSR count). The molecule has 30 heavy (non-hydrogen) atoms. The summed E-state index contributed by atoms with van der Waals surface area (Å²) < 4.78 is 49.1. The van der Waals surface area contributed by atoms with Gasteiger partial charge in [0.15, 0.2) is 11.5 Å². The second-order valence-corrected chi connectivity index (χ2v) is 6.62. The summed E-state index contributed by atoms with van der Waals surface area (Å²) in [6, 6.07) is 3.10. The van der Waals surface area contributed by atoms with Crippen molar-refractivity contribution in [3.63, 3.8) is 0 Å². The topological polar surface area (TPSA) is 77.2 Å². The van der Waals surface area contributed by atoms with E-state index in [0.29, 0.717) is 28.3 Å². The molecule has 7 nitrogen and oxygen atoms in total. The van der Waals surface area contributed by atoms with Crippen molar-refractivity contribution in [2.75, 3.05) is 12.4 Å². The number of nitrogens with one attached hydrogen (secondary N) is 1. The summed E-state index contributed by atoms with van der Waals surface area (Å²) in [6.45, 7) is 3.41. The molecule has 0 atom stereocenters. The van der Waals surface area contributed by atoms with E-state index in [-0.39, 0.29) is 23.7 Å². The van der Waals surface area contributed by atoms with Crippen molar-refractivity contribution in [2.45, 2.75) is 20.4 Å². The lowest BCUT2D eigenvalue weighted by Crippen LogP contribution is -2.10. The Bertz CT molecular complexity index is 1260. The fourth-order valence-electron chi connectivity index (χ4n) is 3.28. The van der Waals surface area contributed by atoms with E-state index in [4.69, 9.17) is 4.74 Å². The number of halogens is 3. The number of anilines is 1. The van der Waals surface area contributed by atoms with Crippen LogP contribution in [-0.4, -0.2) is 31.7 Å². The van der Waals surface area contributed by atoms with Crippen LogP contribution in [0.25, 0.3) is 16.8 Å². The van der Waals surface area contributed by atoms with Gasteiger partial charge in [0.2, 0.25) is 0 Å². The molecular weight excluding hydrogens is 397 g/mol. The summed E-state index contributed by atoms with van der Waals surface area (Å²) in [6.07, 6.45) is 2.94. The lowest BCUT2D eigenvalue weighted by Gasteiger charge is -2.15. The lowest BCUT2D eigenvalue weighted by molar-refractivity contribution is 0.400. The second-order valence-electron chi connectivity index (χ2n) is 6.62. The van der Waals surface area contributed by atoms with Gasteiger partial charge in [0.25, 0.3) is 0 Å². The summed E-state index contributed by atoms with van der Waals surface area (Å²) in [5.74, 6) is -1.54. The van der Waals surface area contributed by atoms with E-state index >= 15 is 4.39 Å². The molecule has 0 radical (unpaired) electrons. The summed E-state index contributed by atoms with van der Waals surface area (Å²) in [5, 5.41) is 10.8. The zero-order valence-corrected chi connectivity index (χ0v) is 16.4. The number of pyridine rings is 1. The van der Waals surface area contributed by atoms with Crippen molar-refractivity contribution < 1.29 is 17.9 Å². The van der Waals surface area contributed by atoms with Crippen LogP contribution in [0.15, 0.2) is 30.7 Å². The molecule has 10 heteroatoms. The number of ether oxygens (including phenoxy) is 1. The van der Waals surface area contributed by atoms with Crippen LogP contribution in [0.3, 0.4) is 0 Å². The molecule has 0 aliphatic heterocycles. The summed E-state index contributed by atoms with van der Waals surface area (Å²) in [7, 11) is 1.30. The summed E-state index contributed by atoms with van der Waals surface area (Å²) in [5.41, 5.74) is 2.20. The SMILES string of the molecule is COc1cc(F)cc(F)c1CNc1c(F)cc(-c2cnc(C)nc2C)c2nncn12. The Kier molecular flexibility index (Phi) is 4.98. The van der Waals surface area contributed by atoms with Gasteiger partial charge in [-0.1, -0.05) is 0 Å². The second kappa shape index (κ2) is 7.62. The van der Waals surface area contributed by atoms with E-state index in [2.05, 4.69) is 25.5 Å². The third kappa shape index (κ3) is 3.40. The molecule has 0 aliphatic carbocycles. The smallest absolute Gasteiger partial charge is 0.170 e. The maximum atomic E-state index is 15.0. The van der Waals surface area contributed by atoms with Gasteiger partial charge in [-0.2, -0.15) is 0 Å². The summed E-state index contributed by atoms with van der Waals surface area (Å²) >= 11 is 0. The van der Waals surface area contributed by atoms with Crippen LogP contribution in [0, 0.1) is 31.3 Å². The molecule has 3 heterocycles. The highest BCUT2D eigenvalue weighted by Gasteiger charge is 2.19. The van der Waals surface area contributed by atoms with Crippen molar-refractivity contribution in [1.29, 1.82) is 0 Å². The van der Waals surface area contributed by atoms with Gasteiger partial charge in [0, 0.05) is 47.3 Å². The number of methoxy groups -OCH3 is 1. The van der Waals surface area contributed by atoms with E-state index < -0.39 is 17.5 Å². The van der Waals surface area contributed by atoms with Gasteiger partial charge < -0.3 is 10.1 Å². The molecule has 0 saturated heterocycles. The minimum absolute atomic E-state index is 0.0180. The Hall–Kier alpha value is -3.69. The molecule has 1 N–H and O–H groups in total. The molecule has 0 saturated carbocycles. The standard InChI is InChI=1S/C20H17F3N6O/c1-10-14(7-24-11(2)27-10)13-6-17(23)20(29-9-26-28-19(13)29)25-8-15-16(22)4-12(21)5-18(15)30-3/h4-7,9,25H,8H2,1-3H3. The highest BCUT2D eigenvalue weighted by molar-refractivity contribution is 5.80. The Labute approximate surface area is 169 Å². The zero-order chi connectivity index (χ0) is 21.4. The monoisotopic (exact) mass is 414 g/mol. The first-order valence-electron chi connectivity index (χ1n) is 8.97. The van der Waals surface area contributed by atoms with E-state index in [1.807, 2.05) is 0 Å². The normalized spacial score (nSPS) is 11.1. The first-order valence-corrected chi connectivity index (χ1v) is 8.97. The molecule has 3 aromatic heterocycles. The van der Waals surface area contributed by atoms with Crippen LogP contribution in [0.4, 0.5) is 19.0 Å². The van der Waals surface area contributed by atoms with Crippen LogP contribution in [0.5, 0.6) is 5.75 Å². The van der Waals surface area contributed by atoms with Crippen LogP contribution in [0.2, 0.25) is 0 Å². The average Bonchev–Trinajstić information content (AvgIpc) is 3.17. The third-order valence-corrected chi connectivity index (χ3v) is 4.69. The first kappa shape index (κ1) is 19.6. The first-order chi connectivity index (χ1) is 14.4. The number of benzene rings is 1. The highest BCUT2D eigenvalue weighted by Crippen LogP contribution is 2.31. The van der Waals surface area contributed by atoms with Crippen molar-refractivity contribution in [3.05, 3.63) is 65.3 Å². The minimum Gasteiger partial charge on any atom is -0.496 e. The number of aryl methyl sites for hydroxylation is 2. The maximum absolute atomic E-state index is 15.0. The van der Waals surface area contributed by atoms with Gasteiger partial charge in [0.1, 0.15) is 35.4 Å². The number of hydrogen-bond acceptors (Lipinski definition) is 6. The molecular formula is C20H17F3N6O. The number of rotatable bonds is 5. The fourth-order valence-corrected chi connectivity index (χ4v) is 3.28. The van der Waals surface area contributed by atoms with Gasteiger partial charge in [-0.05, 0) is 19.9 Å². The van der Waals surface area contributed by atoms with Crippen molar-refractivity contribution in [3.8, 4) is 16.9 Å². The number of aromatic nitrogens is 5. The van der Waals surface area contributed by atoms with Gasteiger partial charge in [-0.25, -0.2) is 23.1 Å². The number of fused-ring (bicyclic) bond motifs is 1. The van der Waals surface area contributed by atoms with Gasteiger partial charge in [-0.3, -0.25) is 4.40 Å². The van der Waals surface area contributed by atoms with E-state index in [9.17, 15) is 8.78 Å². The molecule has 154 valence electrons. The van der Waals surface area contributed by atoms with Crippen molar-refractivity contribution in [1.82, 2.24) is 24.6 Å². The molecule has 0 unspecified atom stereocenters. The molecule has 4 aromatic rings. The molecule has 0 aliphatic rings. The predicted octanol–water partition coefficient (Wildman–Crippen LogP) is 3.84. The predicted molar refractivity (Wildman–Crippen MR) is 104 cm³/mol. The van der Waals surface area contributed by atoms with Crippen LogP contribution in [-0.2, 0) is 6.54 Å². The summed E-state index contributed by atoms with van der Waals surface area (Å²) in [4.78, 5) is 8.49. The quantitative estimate of drug-likeness (QED) is 0.535. The van der Waals surface area contributed by atoms with Gasteiger partial charge >= 0.3 is 0 Å². The minimum atomic E-state index is -0.802. The Morgan fingerprint density at radius 1 is 1.07 bits per heavy atom. The molecule has 0 spiro atoms. The number of nitrogens with zero attached hydrogens (tertiary/aromatic N) is 5. The van der Waals surface area contributed by atoms with Crippen molar-refractivity contribution >= 4 is 11.5 Å². The van der Waals surface area contributed by atoms with E-state index in [0.717, 1.165) is 12.1 Å². The van der Waals surface area contributed by atoms with Crippen LogP contribution >= 0.6 is 0 Å². The van der Waals surface area contributed by atoms with Crippen LogP contribution < -0.4 is 10.1 Å². The largest absolute Gasteiger partial charge is 0.496 e. The highest BCUT2D eigenvalue weighted by atomic mass is 19.1. The number of hydrogen-bond donors (Lipinski definition) is 1. The molecule has 0 bridgehead atoms. The zero-order valence-electron chi connectivity index (χ0n) is 16.4. The van der Waals surface area contributed by atoms with E-state index in [1.165, 1.54) is 23.9 Å². The van der Waals surface area contributed by atoms with Crippen LogP contribution in [0.1, 0.15) is 17.1 Å². The lowest BCUT2D eigenvalue weighted by atomic mass is 10.1. The Morgan fingerprint density at radius 3 is 2.60 bits per heavy atom. The fraction of sp³-hybridized carbons (Fsp3) is 0.200. The third-order valence-electron chi connectivity index (χ3n) is 4.69. The average molecular weight is 414 g/mol. The Morgan fingerprint density at radius 2 is 1.87 bits per heavy atom. The molecule has 0 amide bonds. The Balaban J connectivity index is 1.76.